The fourth-order valence-corrected chi connectivity index (χ4v) is 3.23. The number of sulfonamides is 1. The summed E-state index contributed by atoms with van der Waals surface area (Å²) in [5.74, 6) is 0. The zero-order valence-corrected chi connectivity index (χ0v) is 16.9. The minimum atomic E-state index is -4.60. The van der Waals surface area contributed by atoms with E-state index in [-0.39, 0.29) is 22.2 Å². The molecular weight excluding hydrogens is 439 g/mol. The number of halogens is 4. The Balaban J connectivity index is 1.83. The first kappa shape index (κ1) is 22.4. The highest BCUT2D eigenvalue weighted by molar-refractivity contribution is 7.89. The molecule has 1 aromatic heterocycles. The second kappa shape index (κ2) is 8.64. The fourth-order valence-electron chi connectivity index (χ4n) is 2.26. The molecule has 2 aromatic rings. The van der Waals surface area contributed by atoms with Gasteiger partial charge in [0.2, 0.25) is 10.0 Å². The summed E-state index contributed by atoms with van der Waals surface area (Å²) in [4.78, 5) is -0.0246. The van der Waals surface area contributed by atoms with Crippen LogP contribution in [0, 0.1) is 6.92 Å². The number of nitrogens with two attached hydrogens (primary N) is 1. The van der Waals surface area contributed by atoms with Gasteiger partial charge in [-0.15, -0.1) is 0 Å². The lowest BCUT2D eigenvalue weighted by Gasteiger charge is -2.11. The summed E-state index contributed by atoms with van der Waals surface area (Å²) in [6, 6.07) is 5.68. The summed E-state index contributed by atoms with van der Waals surface area (Å²) in [5.41, 5.74) is -0.307. The van der Waals surface area contributed by atoms with Crippen LogP contribution in [0.3, 0.4) is 0 Å². The maximum atomic E-state index is 12.8. The molecule has 0 aliphatic heterocycles. The third kappa shape index (κ3) is 5.80. The number of hydrogen-bond acceptors (Lipinski definition) is 4. The highest BCUT2D eigenvalue weighted by Crippen LogP contribution is 2.35. The lowest BCUT2D eigenvalue weighted by molar-refractivity contribution is -0.141. The zero-order chi connectivity index (χ0) is 21.1. The number of nitrogens with one attached hydrogen (secondary N) is 2. The minimum absolute atomic E-state index is 0.0246. The molecule has 0 saturated carbocycles. The average molecular weight is 456 g/mol. The molecule has 154 valence electrons. The number of primary sulfonamides is 1. The van der Waals surface area contributed by atoms with E-state index in [9.17, 15) is 21.6 Å². The third-order valence-electron chi connectivity index (χ3n) is 3.67. The van der Waals surface area contributed by atoms with Crippen LogP contribution in [0.4, 0.5) is 18.9 Å². The van der Waals surface area contributed by atoms with Crippen molar-refractivity contribution in [3.63, 3.8) is 0 Å². The summed E-state index contributed by atoms with van der Waals surface area (Å²) >= 11 is 10.8. The van der Waals surface area contributed by atoms with Gasteiger partial charge in [-0.2, -0.15) is 18.3 Å². The molecule has 1 heterocycles. The van der Waals surface area contributed by atoms with E-state index in [0.717, 1.165) is 0 Å². The van der Waals surface area contributed by atoms with Crippen LogP contribution in [-0.2, 0) is 22.7 Å². The monoisotopic (exact) mass is 455 g/mol. The van der Waals surface area contributed by atoms with Gasteiger partial charge in [0.05, 0.1) is 15.6 Å². The lowest BCUT2D eigenvalue weighted by atomic mass is 10.3. The Morgan fingerprint density at radius 2 is 1.93 bits per heavy atom. The van der Waals surface area contributed by atoms with Gasteiger partial charge in [-0.1, -0.05) is 11.6 Å². The predicted molar refractivity (Wildman–Crippen MR) is 104 cm³/mol. The number of hydrogen-bond donors (Lipinski definition) is 3. The van der Waals surface area contributed by atoms with Crippen molar-refractivity contribution in [3.8, 4) is 0 Å². The van der Waals surface area contributed by atoms with Crippen molar-refractivity contribution in [2.24, 2.45) is 5.14 Å². The molecule has 0 unspecified atom stereocenters. The van der Waals surface area contributed by atoms with Gasteiger partial charge >= 0.3 is 6.18 Å². The maximum absolute atomic E-state index is 12.8. The van der Waals surface area contributed by atoms with Gasteiger partial charge in [0.25, 0.3) is 0 Å². The van der Waals surface area contributed by atoms with Crippen LogP contribution in [0.25, 0.3) is 0 Å². The van der Waals surface area contributed by atoms with Gasteiger partial charge < -0.3 is 10.6 Å². The SMILES string of the molecule is Cc1c(Cl)c(C(F)(F)F)nn1CCCNC(=S)Nc1ccc(S(N)(=O)=O)cc1. The van der Waals surface area contributed by atoms with Crippen molar-refractivity contribution in [3.05, 3.63) is 40.7 Å². The van der Waals surface area contributed by atoms with Crippen molar-refractivity contribution in [1.29, 1.82) is 0 Å². The van der Waals surface area contributed by atoms with Gasteiger partial charge in [0, 0.05) is 18.8 Å². The van der Waals surface area contributed by atoms with E-state index in [2.05, 4.69) is 15.7 Å². The molecular formula is C15H17ClF3N5O2S2. The van der Waals surface area contributed by atoms with Crippen LogP contribution >= 0.6 is 23.8 Å². The molecule has 13 heteroatoms. The second-order valence-corrected chi connectivity index (χ2v) is 8.12. The number of benzene rings is 1. The molecule has 1 aromatic carbocycles. The number of alkyl halides is 3. The molecule has 0 aliphatic rings. The first-order valence-electron chi connectivity index (χ1n) is 7.87. The number of anilines is 1. The molecule has 0 radical (unpaired) electrons. The Morgan fingerprint density at radius 3 is 2.43 bits per heavy atom. The fraction of sp³-hybridized carbons (Fsp3) is 0.333. The van der Waals surface area contributed by atoms with Crippen LogP contribution in [0.1, 0.15) is 17.8 Å². The molecule has 2 rings (SSSR count). The molecule has 28 heavy (non-hydrogen) atoms. The number of nitrogens with zero attached hydrogens (tertiary/aromatic N) is 2. The normalized spacial score (nSPS) is 12.1. The standard InChI is InChI=1S/C15H17ClF3N5O2S2/c1-9-12(16)13(15(17,18)19)23-24(9)8-2-7-21-14(27)22-10-3-5-11(6-4-10)28(20,25)26/h3-6H,2,7-8H2,1H3,(H2,20,25,26)(H2,21,22,27). The van der Waals surface area contributed by atoms with Gasteiger partial charge in [-0.3, -0.25) is 4.68 Å². The quantitative estimate of drug-likeness (QED) is 0.457. The van der Waals surface area contributed by atoms with E-state index < -0.39 is 26.9 Å². The molecule has 0 aliphatic carbocycles. The molecule has 0 fully saturated rings. The number of thiocarbonyl (C=S) groups is 1. The molecule has 0 amide bonds. The lowest BCUT2D eigenvalue weighted by Crippen LogP contribution is -2.30. The van der Waals surface area contributed by atoms with Gasteiger partial charge in [0.15, 0.2) is 10.8 Å². The summed E-state index contributed by atoms with van der Waals surface area (Å²) in [6.07, 6.45) is -4.15. The average Bonchev–Trinajstić information content (AvgIpc) is 2.87. The van der Waals surface area contributed by atoms with Crippen LogP contribution in [0.5, 0.6) is 0 Å². The van der Waals surface area contributed by atoms with E-state index in [1.807, 2.05) is 0 Å². The molecule has 0 atom stereocenters. The van der Waals surface area contributed by atoms with Crippen molar-refractivity contribution < 1.29 is 21.6 Å². The van der Waals surface area contributed by atoms with E-state index in [4.69, 9.17) is 29.0 Å². The maximum Gasteiger partial charge on any atom is 0.436 e. The first-order valence-corrected chi connectivity index (χ1v) is 10.2. The first-order chi connectivity index (χ1) is 12.9. The van der Waals surface area contributed by atoms with Crippen LogP contribution in [0.2, 0.25) is 5.02 Å². The zero-order valence-electron chi connectivity index (χ0n) is 14.5. The second-order valence-electron chi connectivity index (χ2n) is 5.77. The highest BCUT2D eigenvalue weighted by atomic mass is 35.5. The predicted octanol–water partition coefficient (Wildman–Crippen LogP) is 2.89. The molecule has 0 bridgehead atoms. The van der Waals surface area contributed by atoms with E-state index in [1.165, 1.54) is 35.9 Å². The molecule has 7 nitrogen and oxygen atoms in total. The topological polar surface area (TPSA) is 102 Å². The minimum Gasteiger partial charge on any atom is -0.362 e. The Kier molecular flexibility index (Phi) is 6.91. The number of aryl methyl sites for hydroxylation is 1. The summed E-state index contributed by atoms with van der Waals surface area (Å²) in [6.45, 7) is 2.06. The third-order valence-corrected chi connectivity index (χ3v) is 5.30. The van der Waals surface area contributed by atoms with Crippen LogP contribution in [0.15, 0.2) is 29.2 Å². The molecule has 0 spiro atoms. The van der Waals surface area contributed by atoms with Gasteiger partial charge in [-0.05, 0) is 49.8 Å². The summed E-state index contributed by atoms with van der Waals surface area (Å²) in [5, 5.41) is 14.2. The Bertz CT molecular complexity index is 959. The smallest absolute Gasteiger partial charge is 0.362 e. The highest BCUT2D eigenvalue weighted by Gasteiger charge is 2.38. The molecule has 4 N–H and O–H groups in total. The van der Waals surface area contributed by atoms with Gasteiger partial charge in [-0.25, -0.2) is 13.6 Å². The van der Waals surface area contributed by atoms with Crippen molar-refractivity contribution in [1.82, 2.24) is 15.1 Å². The summed E-state index contributed by atoms with van der Waals surface area (Å²) in [7, 11) is -3.77. The van der Waals surface area contributed by atoms with E-state index in [1.54, 1.807) is 0 Å². The van der Waals surface area contributed by atoms with Gasteiger partial charge in [0.1, 0.15) is 0 Å². The van der Waals surface area contributed by atoms with E-state index >= 15 is 0 Å². The van der Waals surface area contributed by atoms with Crippen molar-refractivity contribution >= 4 is 44.6 Å². The molecule has 0 saturated heterocycles. The van der Waals surface area contributed by atoms with E-state index in [0.29, 0.717) is 18.7 Å². The van der Waals surface area contributed by atoms with Crippen LogP contribution < -0.4 is 15.8 Å². The number of aromatic nitrogens is 2. The Morgan fingerprint density at radius 1 is 1.32 bits per heavy atom. The number of rotatable bonds is 6. The van der Waals surface area contributed by atoms with Crippen molar-refractivity contribution in [2.45, 2.75) is 31.0 Å². The van der Waals surface area contributed by atoms with Crippen molar-refractivity contribution in [2.75, 3.05) is 11.9 Å². The largest absolute Gasteiger partial charge is 0.436 e. The van der Waals surface area contributed by atoms with Crippen LogP contribution in [-0.4, -0.2) is 29.9 Å². The summed E-state index contributed by atoms with van der Waals surface area (Å²) < 4.78 is 62.0. The Labute approximate surface area is 170 Å². The Hall–Kier alpha value is -1.89.